The smallest absolute Gasteiger partial charge is 0.120 e. The van der Waals surface area contributed by atoms with Gasteiger partial charge in [-0.05, 0) is 63.4 Å². The first-order valence-electron chi connectivity index (χ1n) is 6.12. The SMILES string of the molecule is Cc1cc(C)cc(OC2CCNC(C)C2)c1. The van der Waals surface area contributed by atoms with E-state index in [1.54, 1.807) is 0 Å². The average molecular weight is 219 g/mol. The molecule has 0 amide bonds. The van der Waals surface area contributed by atoms with E-state index < -0.39 is 0 Å². The van der Waals surface area contributed by atoms with Crippen molar-refractivity contribution in [2.45, 2.75) is 45.8 Å². The zero-order valence-electron chi connectivity index (χ0n) is 10.4. The fraction of sp³-hybridized carbons (Fsp3) is 0.571. The zero-order chi connectivity index (χ0) is 11.5. The lowest BCUT2D eigenvalue weighted by Gasteiger charge is -2.28. The normalized spacial score (nSPS) is 25.4. The summed E-state index contributed by atoms with van der Waals surface area (Å²) < 4.78 is 6.05. The third-order valence-electron chi connectivity index (χ3n) is 3.07. The first-order chi connectivity index (χ1) is 7.63. The summed E-state index contributed by atoms with van der Waals surface area (Å²) in [5.41, 5.74) is 2.55. The zero-order valence-corrected chi connectivity index (χ0v) is 10.4. The van der Waals surface area contributed by atoms with Gasteiger partial charge < -0.3 is 10.1 Å². The Hall–Kier alpha value is -1.02. The number of hydrogen-bond acceptors (Lipinski definition) is 2. The van der Waals surface area contributed by atoms with E-state index in [1.807, 2.05) is 0 Å². The first-order valence-corrected chi connectivity index (χ1v) is 6.12. The summed E-state index contributed by atoms with van der Waals surface area (Å²) in [4.78, 5) is 0. The monoisotopic (exact) mass is 219 g/mol. The molecule has 2 heteroatoms. The van der Waals surface area contributed by atoms with Crippen LogP contribution in [0.15, 0.2) is 18.2 Å². The fourth-order valence-corrected chi connectivity index (χ4v) is 2.39. The van der Waals surface area contributed by atoms with E-state index in [1.165, 1.54) is 11.1 Å². The Morgan fingerprint density at radius 3 is 2.50 bits per heavy atom. The van der Waals surface area contributed by atoms with Gasteiger partial charge in [0.05, 0.1) is 0 Å². The fourth-order valence-electron chi connectivity index (χ4n) is 2.39. The van der Waals surface area contributed by atoms with Crippen LogP contribution in [-0.2, 0) is 0 Å². The molecule has 1 aromatic rings. The van der Waals surface area contributed by atoms with Gasteiger partial charge in [-0.15, -0.1) is 0 Å². The Balaban J connectivity index is 2.02. The van der Waals surface area contributed by atoms with Crippen molar-refractivity contribution in [2.24, 2.45) is 0 Å². The van der Waals surface area contributed by atoms with Gasteiger partial charge in [-0.25, -0.2) is 0 Å². The highest BCUT2D eigenvalue weighted by molar-refractivity contribution is 5.33. The van der Waals surface area contributed by atoms with Crippen molar-refractivity contribution in [1.82, 2.24) is 5.32 Å². The second-order valence-electron chi connectivity index (χ2n) is 4.94. The van der Waals surface area contributed by atoms with Crippen LogP contribution in [-0.4, -0.2) is 18.7 Å². The van der Waals surface area contributed by atoms with E-state index >= 15 is 0 Å². The lowest BCUT2D eigenvalue weighted by Crippen LogP contribution is -2.40. The molecule has 1 heterocycles. The van der Waals surface area contributed by atoms with Crippen LogP contribution >= 0.6 is 0 Å². The molecular weight excluding hydrogens is 198 g/mol. The number of hydrogen-bond donors (Lipinski definition) is 1. The van der Waals surface area contributed by atoms with Gasteiger partial charge in [0.2, 0.25) is 0 Å². The Morgan fingerprint density at radius 2 is 1.88 bits per heavy atom. The second-order valence-corrected chi connectivity index (χ2v) is 4.94. The molecule has 1 fully saturated rings. The lowest BCUT2D eigenvalue weighted by molar-refractivity contribution is 0.144. The predicted molar refractivity (Wildman–Crippen MR) is 67.0 cm³/mol. The summed E-state index contributed by atoms with van der Waals surface area (Å²) in [5, 5.41) is 3.44. The van der Waals surface area contributed by atoms with Crippen molar-refractivity contribution in [3.8, 4) is 5.75 Å². The van der Waals surface area contributed by atoms with E-state index in [2.05, 4.69) is 44.3 Å². The second kappa shape index (κ2) is 4.88. The molecule has 0 aliphatic carbocycles. The molecule has 88 valence electrons. The summed E-state index contributed by atoms with van der Waals surface area (Å²) in [7, 11) is 0. The van der Waals surface area contributed by atoms with Crippen molar-refractivity contribution in [1.29, 1.82) is 0 Å². The van der Waals surface area contributed by atoms with Gasteiger partial charge in [-0.2, -0.15) is 0 Å². The minimum Gasteiger partial charge on any atom is -0.490 e. The number of aryl methyl sites for hydroxylation is 2. The highest BCUT2D eigenvalue weighted by atomic mass is 16.5. The van der Waals surface area contributed by atoms with Gasteiger partial charge in [0.25, 0.3) is 0 Å². The number of piperidine rings is 1. The molecule has 16 heavy (non-hydrogen) atoms. The highest BCUT2D eigenvalue weighted by Gasteiger charge is 2.19. The molecule has 0 radical (unpaired) electrons. The maximum Gasteiger partial charge on any atom is 0.120 e. The van der Waals surface area contributed by atoms with Crippen LogP contribution < -0.4 is 10.1 Å². The molecule has 1 aliphatic heterocycles. The summed E-state index contributed by atoms with van der Waals surface area (Å²) in [5.74, 6) is 1.02. The van der Waals surface area contributed by atoms with E-state index in [-0.39, 0.29) is 0 Å². The summed E-state index contributed by atoms with van der Waals surface area (Å²) in [6.45, 7) is 7.52. The minimum atomic E-state index is 0.373. The highest BCUT2D eigenvalue weighted by Crippen LogP contribution is 2.21. The maximum absolute atomic E-state index is 6.05. The summed E-state index contributed by atoms with van der Waals surface area (Å²) in [6, 6.07) is 7.00. The molecule has 2 unspecified atom stereocenters. The van der Waals surface area contributed by atoms with Gasteiger partial charge in [-0.1, -0.05) is 6.07 Å². The van der Waals surface area contributed by atoms with Gasteiger partial charge in [0, 0.05) is 6.04 Å². The molecule has 1 N–H and O–H groups in total. The summed E-state index contributed by atoms with van der Waals surface area (Å²) >= 11 is 0. The van der Waals surface area contributed by atoms with E-state index in [4.69, 9.17) is 4.74 Å². The Morgan fingerprint density at radius 1 is 1.19 bits per heavy atom. The number of nitrogens with one attached hydrogen (secondary N) is 1. The van der Waals surface area contributed by atoms with Gasteiger partial charge in [0.15, 0.2) is 0 Å². The molecule has 2 atom stereocenters. The standard InChI is InChI=1S/C14H21NO/c1-10-6-11(2)8-14(7-10)16-13-4-5-15-12(3)9-13/h6-8,12-13,15H,4-5,9H2,1-3H3. The van der Waals surface area contributed by atoms with Crippen molar-refractivity contribution in [3.05, 3.63) is 29.3 Å². The van der Waals surface area contributed by atoms with Crippen LogP contribution in [0.3, 0.4) is 0 Å². The van der Waals surface area contributed by atoms with Crippen molar-refractivity contribution in [3.63, 3.8) is 0 Å². The Kier molecular flexibility index (Phi) is 3.49. The van der Waals surface area contributed by atoms with Crippen LogP contribution in [0.25, 0.3) is 0 Å². The third kappa shape index (κ3) is 2.99. The number of rotatable bonds is 2. The number of benzene rings is 1. The number of ether oxygens (including phenoxy) is 1. The van der Waals surface area contributed by atoms with Gasteiger partial charge >= 0.3 is 0 Å². The minimum absolute atomic E-state index is 0.373. The van der Waals surface area contributed by atoms with Crippen molar-refractivity contribution < 1.29 is 4.74 Å². The molecule has 1 saturated heterocycles. The topological polar surface area (TPSA) is 21.3 Å². The first kappa shape index (κ1) is 11.5. The predicted octanol–water partition coefficient (Wildman–Crippen LogP) is 2.82. The van der Waals surface area contributed by atoms with E-state index in [0.717, 1.165) is 25.1 Å². The van der Waals surface area contributed by atoms with Crippen LogP contribution in [0.1, 0.15) is 30.9 Å². The summed E-state index contributed by atoms with van der Waals surface area (Å²) in [6.07, 6.45) is 2.59. The van der Waals surface area contributed by atoms with E-state index in [0.29, 0.717) is 12.1 Å². The molecule has 0 bridgehead atoms. The lowest BCUT2D eigenvalue weighted by atomic mass is 10.0. The molecule has 2 rings (SSSR count). The van der Waals surface area contributed by atoms with Gasteiger partial charge in [-0.3, -0.25) is 0 Å². The van der Waals surface area contributed by atoms with Crippen molar-refractivity contribution >= 4 is 0 Å². The molecular formula is C14H21NO. The molecule has 0 aromatic heterocycles. The van der Waals surface area contributed by atoms with E-state index in [9.17, 15) is 0 Å². The quantitative estimate of drug-likeness (QED) is 0.826. The molecule has 1 aliphatic rings. The van der Waals surface area contributed by atoms with Gasteiger partial charge in [0.1, 0.15) is 11.9 Å². The molecule has 0 saturated carbocycles. The van der Waals surface area contributed by atoms with Crippen LogP contribution in [0.5, 0.6) is 5.75 Å². The maximum atomic E-state index is 6.05. The van der Waals surface area contributed by atoms with Crippen LogP contribution in [0.2, 0.25) is 0 Å². The molecule has 0 spiro atoms. The molecule has 1 aromatic carbocycles. The van der Waals surface area contributed by atoms with Crippen LogP contribution in [0.4, 0.5) is 0 Å². The molecule has 2 nitrogen and oxygen atoms in total. The Labute approximate surface area is 98.0 Å². The van der Waals surface area contributed by atoms with Crippen molar-refractivity contribution in [2.75, 3.05) is 6.54 Å². The Bertz CT molecular complexity index is 342. The largest absolute Gasteiger partial charge is 0.490 e. The average Bonchev–Trinajstić information content (AvgIpc) is 2.15. The third-order valence-corrected chi connectivity index (χ3v) is 3.07. The van der Waals surface area contributed by atoms with Crippen LogP contribution in [0, 0.1) is 13.8 Å².